The number of benzene rings is 2. The van der Waals surface area contributed by atoms with E-state index in [0.29, 0.717) is 24.9 Å². The molecule has 2 N–H and O–H groups in total. The number of anilines is 1. The van der Waals surface area contributed by atoms with Crippen molar-refractivity contribution in [1.82, 2.24) is 5.32 Å². The molecule has 0 radical (unpaired) electrons. The predicted molar refractivity (Wildman–Crippen MR) is 98.2 cm³/mol. The molecule has 0 bridgehead atoms. The van der Waals surface area contributed by atoms with E-state index in [1.165, 1.54) is 0 Å². The van der Waals surface area contributed by atoms with E-state index in [4.69, 9.17) is 26.4 Å². The van der Waals surface area contributed by atoms with E-state index in [-0.39, 0.29) is 6.10 Å². The lowest BCUT2D eigenvalue weighted by Crippen LogP contribution is -2.42. The maximum absolute atomic E-state index is 5.88. The third-order valence-corrected chi connectivity index (χ3v) is 3.73. The maximum Gasteiger partial charge on any atom is 0.170 e. The topological polar surface area (TPSA) is 51.8 Å². The number of para-hydroxylation sites is 2. The van der Waals surface area contributed by atoms with Crippen LogP contribution in [0.3, 0.4) is 0 Å². The van der Waals surface area contributed by atoms with Crippen molar-refractivity contribution in [3.63, 3.8) is 0 Å². The Morgan fingerprint density at radius 2 is 1.92 bits per heavy atom. The summed E-state index contributed by atoms with van der Waals surface area (Å²) in [4.78, 5) is 0. The second kappa shape index (κ2) is 7.88. The van der Waals surface area contributed by atoms with Crippen LogP contribution in [0.4, 0.5) is 5.69 Å². The van der Waals surface area contributed by atoms with Crippen LogP contribution >= 0.6 is 12.2 Å². The minimum Gasteiger partial charge on any atom is -0.494 e. The van der Waals surface area contributed by atoms with Gasteiger partial charge in [-0.25, -0.2) is 0 Å². The zero-order valence-corrected chi connectivity index (χ0v) is 14.3. The van der Waals surface area contributed by atoms with Crippen LogP contribution in [0.15, 0.2) is 48.5 Å². The van der Waals surface area contributed by atoms with E-state index in [0.717, 1.165) is 22.9 Å². The highest BCUT2D eigenvalue weighted by Crippen LogP contribution is 2.30. The Balaban J connectivity index is 1.46. The monoisotopic (exact) mass is 344 g/mol. The molecule has 1 aliphatic heterocycles. The van der Waals surface area contributed by atoms with Gasteiger partial charge in [0.2, 0.25) is 0 Å². The molecule has 1 heterocycles. The quantitative estimate of drug-likeness (QED) is 0.813. The minimum atomic E-state index is -0.0834. The highest BCUT2D eigenvalue weighted by molar-refractivity contribution is 7.80. The fourth-order valence-electron chi connectivity index (χ4n) is 2.35. The number of ether oxygens (including phenoxy) is 3. The normalized spacial score (nSPS) is 15.5. The summed E-state index contributed by atoms with van der Waals surface area (Å²) in [5.41, 5.74) is 0.905. The number of hydrogen-bond acceptors (Lipinski definition) is 4. The third kappa shape index (κ3) is 4.29. The Hall–Kier alpha value is -2.47. The lowest BCUT2D eigenvalue weighted by Gasteiger charge is -2.27. The van der Waals surface area contributed by atoms with E-state index in [1.54, 1.807) is 0 Å². The molecule has 5 nitrogen and oxygen atoms in total. The first-order valence-electron chi connectivity index (χ1n) is 7.91. The Labute approximate surface area is 146 Å². The summed E-state index contributed by atoms with van der Waals surface area (Å²) >= 11 is 5.32. The van der Waals surface area contributed by atoms with E-state index >= 15 is 0 Å². The zero-order chi connectivity index (χ0) is 16.8. The molecule has 1 aliphatic rings. The second-order valence-corrected chi connectivity index (χ2v) is 5.70. The summed E-state index contributed by atoms with van der Waals surface area (Å²) in [5, 5.41) is 6.84. The Morgan fingerprint density at radius 3 is 2.67 bits per heavy atom. The first kappa shape index (κ1) is 16.4. The maximum atomic E-state index is 5.88. The van der Waals surface area contributed by atoms with Gasteiger partial charge in [0.1, 0.15) is 18.5 Å². The minimum absolute atomic E-state index is 0.0834. The van der Waals surface area contributed by atoms with Crippen LogP contribution < -0.4 is 24.8 Å². The van der Waals surface area contributed by atoms with Crippen molar-refractivity contribution in [3.05, 3.63) is 48.5 Å². The van der Waals surface area contributed by atoms with Crippen LogP contribution in [-0.2, 0) is 0 Å². The van der Waals surface area contributed by atoms with Gasteiger partial charge in [-0.15, -0.1) is 0 Å². The average molecular weight is 344 g/mol. The van der Waals surface area contributed by atoms with Crippen molar-refractivity contribution in [2.75, 3.05) is 25.1 Å². The van der Waals surface area contributed by atoms with Crippen LogP contribution in [0.5, 0.6) is 17.2 Å². The van der Waals surface area contributed by atoms with Gasteiger partial charge in [-0.2, -0.15) is 0 Å². The number of fused-ring (bicyclic) bond motifs is 1. The highest BCUT2D eigenvalue weighted by atomic mass is 32.1. The van der Waals surface area contributed by atoms with Crippen LogP contribution in [-0.4, -0.2) is 31.0 Å². The molecule has 0 saturated carbocycles. The van der Waals surface area contributed by atoms with E-state index < -0.39 is 0 Å². The Bertz CT molecular complexity index is 691. The average Bonchev–Trinajstić information content (AvgIpc) is 2.62. The van der Waals surface area contributed by atoms with Gasteiger partial charge >= 0.3 is 0 Å². The summed E-state index contributed by atoms with van der Waals surface area (Å²) in [6, 6.07) is 15.3. The largest absolute Gasteiger partial charge is 0.494 e. The molecule has 0 saturated heterocycles. The van der Waals surface area contributed by atoms with Crippen LogP contribution in [0.25, 0.3) is 0 Å². The smallest absolute Gasteiger partial charge is 0.170 e. The van der Waals surface area contributed by atoms with E-state index in [2.05, 4.69) is 10.6 Å². The molecule has 24 heavy (non-hydrogen) atoms. The van der Waals surface area contributed by atoms with Crippen molar-refractivity contribution in [1.29, 1.82) is 0 Å². The van der Waals surface area contributed by atoms with E-state index in [9.17, 15) is 0 Å². The summed E-state index contributed by atoms with van der Waals surface area (Å²) < 4.78 is 17.0. The molecule has 0 aliphatic carbocycles. The Kier molecular flexibility index (Phi) is 5.38. The molecule has 0 aromatic heterocycles. The summed E-state index contributed by atoms with van der Waals surface area (Å²) in [5.74, 6) is 2.39. The fraction of sp³-hybridized carbons (Fsp3) is 0.278. The summed E-state index contributed by atoms with van der Waals surface area (Å²) in [6.45, 7) is 3.67. The van der Waals surface area contributed by atoms with Crippen molar-refractivity contribution in [3.8, 4) is 17.2 Å². The van der Waals surface area contributed by atoms with Crippen molar-refractivity contribution >= 4 is 23.0 Å². The van der Waals surface area contributed by atoms with Gasteiger partial charge < -0.3 is 24.8 Å². The molecule has 2 aromatic rings. The lowest BCUT2D eigenvalue weighted by molar-refractivity contribution is 0.0939. The summed E-state index contributed by atoms with van der Waals surface area (Å²) in [6.07, 6.45) is -0.0834. The standard InChI is InChI=1S/C18H20N2O3S/c1-2-21-14-9-7-13(8-10-14)20-18(24)19-11-15-12-22-16-5-3-4-6-17(16)23-15/h3-10,15H,2,11-12H2,1H3,(H2,19,20,24)/t15-/m1/s1. The second-order valence-electron chi connectivity index (χ2n) is 5.29. The van der Waals surface area contributed by atoms with Gasteiger partial charge in [0.05, 0.1) is 13.2 Å². The van der Waals surface area contributed by atoms with Gasteiger partial charge in [0.25, 0.3) is 0 Å². The van der Waals surface area contributed by atoms with Gasteiger partial charge in [0, 0.05) is 5.69 Å². The van der Waals surface area contributed by atoms with Crippen molar-refractivity contribution < 1.29 is 14.2 Å². The molecule has 1 atom stereocenters. The molecule has 0 spiro atoms. The number of hydrogen-bond donors (Lipinski definition) is 2. The lowest BCUT2D eigenvalue weighted by atomic mass is 10.2. The highest BCUT2D eigenvalue weighted by Gasteiger charge is 2.20. The number of thiocarbonyl (C=S) groups is 1. The zero-order valence-electron chi connectivity index (χ0n) is 13.5. The molecule has 3 rings (SSSR count). The molecular formula is C18H20N2O3S. The van der Waals surface area contributed by atoms with Crippen LogP contribution in [0.1, 0.15) is 6.92 Å². The molecule has 0 amide bonds. The van der Waals surface area contributed by atoms with Crippen molar-refractivity contribution in [2.45, 2.75) is 13.0 Å². The van der Waals surface area contributed by atoms with Crippen LogP contribution in [0, 0.1) is 0 Å². The molecule has 6 heteroatoms. The van der Waals surface area contributed by atoms with Gasteiger partial charge in [-0.1, -0.05) is 12.1 Å². The number of nitrogens with one attached hydrogen (secondary N) is 2. The van der Waals surface area contributed by atoms with E-state index in [1.807, 2.05) is 55.5 Å². The van der Waals surface area contributed by atoms with Gasteiger partial charge in [0.15, 0.2) is 16.6 Å². The Morgan fingerprint density at radius 1 is 1.17 bits per heavy atom. The summed E-state index contributed by atoms with van der Waals surface area (Å²) in [7, 11) is 0. The molecular weight excluding hydrogens is 324 g/mol. The van der Waals surface area contributed by atoms with Crippen LogP contribution in [0.2, 0.25) is 0 Å². The third-order valence-electron chi connectivity index (χ3n) is 3.48. The van der Waals surface area contributed by atoms with Crippen molar-refractivity contribution in [2.24, 2.45) is 0 Å². The van der Waals surface area contributed by atoms with Gasteiger partial charge in [-0.05, 0) is 55.5 Å². The molecule has 0 fully saturated rings. The SMILES string of the molecule is CCOc1ccc(NC(=S)NC[C@@H]2COc3ccccc3O2)cc1. The first-order chi connectivity index (χ1) is 11.7. The predicted octanol–water partition coefficient (Wildman–Crippen LogP) is 3.21. The number of rotatable bonds is 5. The first-order valence-corrected chi connectivity index (χ1v) is 8.31. The molecule has 126 valence electrons. The molecule has 2 aromatic carbocycles. The molecule has 0 unspecified atom stereocenters. The van der Waals surface area contributed by atoms with Gasteiger partial charge in [-0.3, -0.25) is 0 Å². The fourth-order valence-corrected chi connectivity index (χ4v) is 2.55.